The summed E-state index contributed by atoms with van der Waals surface area (Å²) in [6.07, 6.45) is 3.03. The van der Waals surface area contributed by atoms with Crippen molar-refractivity contribution < 1.29 is 4.79 Å². The van der Waals surface area contributed by atoms with Crippen LogP contribution in [0.4, 0.5) is 0 Å². The normalized spacial score (nSPS) is 12.0. The molecule has 0 fully saturated rings. The van der Waals surface area contributed by atoms with Crippen LogP contribution in [0.15, 0.2) is 36.7 Å². The van der Waals surface area contributed by atoms with Gasteiger partial charge >= 0.3 is 0 Å². The van der Waals surface area contributed by atoms with Crippen LogP contribution < -0.4 is 5.32 Å². The quantitative estimate of drug-likeness (QED) is 0.932. The first-order valence-electron chi connectivity index (χ1n) is 6.46. The van der Waals surface area contributed by atoms with Crippen LogP contribution in [0.1, 0.15) is 40.0 Å². The first-order chi connectivity index (χ1) is 9.49. The molecule has 0 radical (unpaired) electrons. The highest BCUT2D eigenvalue weighted by Crippen LogP contribution is 2.20. The monoisotopic (exact) mass is 288 g/mol. The lowest BCUT2D eigenvalue weighted by Gasteiger charge is -2.17. The van der Waals surface area contributed by atoms with Gasteiger partial charge in [-0.05, 0) is 38.0 Å². The molecule has 104 valence electrons. The number of amides is 1. The molecule has 0 saturated heterocycles. The Hall–Kier alpha value is -1.87. The van der Waals surface area contributed by atoms with E-state index >= 15 is 0 Å². The molecule has 2 rings (SSSR count). The van der Waals surface area contributed by atoms with Gasteiger partial charge in [-0.1, -0.05) is 35.4 Å². The maximum absolute atomic E-state index is 12.2. The van der Waals surface area contributed by atoms with Crippen LogP contribution in [0.25, 0.3) is 0 Å². The van der Waals surface area contributed by atoms with Crippen molar-refractivity contribution in [3.63, 3.8) is 0 Å². The number of carbonyl (C=O) groups excluding carboxylic acids is 1. The Morgan fingerprint density at radius 3 is 2.75 bits per heavy atom. The minimum Gasteiger partial charge on any atom is -0.345 e. The molecule has 0 bridgehead atoms. The number of benzene rings is 1. The summed E-state index contributed by atoms with van der Waals surface area (Å²) < 4.78 is 0. The smallest absolute Gasteiger partial charge is 0.253 e. The minimum absolute atomic E-state index is 0.0772. The summed E-state index contributed by atoms with van der Waals surface area (Å²) in [4.78, 5) is 16.1. The Bertz CT molecular complexity index is 640. The van der Waals surface area contributed by atoms with Crippen molar-refractivity contribution in [2.45, 2.75) is 26.8 Å². The molecule has 0 aliphatic carbocycles. The minimum atomic E-state index is -0.189. The Balaban J connectivity index is 2.19. The van der Waals surface area contributed by atoms with E-state index in [1.165, 1.54) is 11.8 Å². The first-order valence-corrected chi connectivity index (χ1v) is 6.84. The van der Waals surface area contributed by atoms with Crippen LogP contribution in [-0.4, -0.2) is 10.9 Å². The number of aromatic nitrogens is 1. The second kappa shape index (κ2) is 6.06. The third-order valence-electron chi connectivity index (χ3n) is 3.27. The van der Waals surface area contributed by atoms with Gasteiger partial charge in [0.2, 0.25) is 0 Å². The van der Waals surface area contributed by atoms with Crippen molar-refractivity contribution in [3.05, 3.63) is 63.9 Å². The molecule has 0 spiro atoms. The summed E-state index contributed by atoms with van der Waals surface area (Å²) in [6.45, 7) is 6.04. The maximum atomic E-state index is 12.2. The molecule has 0 aliphatic rings. The molecule has 1 amide bonds. The van der Waals surface area contributed by atoms with Crippen molar-refractivity contribution in [1.82, 2.24) is 10.3 Å². The molecular weight excluding hydrogens is 272 g/mol. The summed E-state index contributed by atoms with van der Waals surface area (Å²) in [7, 11) is 0. The number of nitrogens with zero attached hydrogens (tertiary/aromatic N) is 1. The Morgan fingerprint density at radius 2 is 2.05 bits per heavy atom. The lowest BCUT2D eigenvalue weighted by molar-refractivity contribution is 0.0940. The second-order valence-electron chi connectivity index (χ2n) is 4.91. The van der Waals surface area contributed by atoms with E-state index in [2.05, 4.69) is 28.5 Å². The number of aryl methyl sites for hydroxylation is 2. The predicted octanol–water partition coefficient (Wildman–Crippen LogP) is 3.84. The summed E-state index contributed by atoms with van der Waals surface area (Å²) in [5, 5.41) is 3.33. The van der Waals surface area contributed by atoms with E-state index in [-0.39, 0.29) is 11.9 Å². The molecule has 0 aliphatic heterocycles. The standard InChI is InChI=1S/C16H17ClN2O/c1-10-4-5-11(2)14(8-10)12(3)19-16(20)13-6-7-18-9-15(13)17/h4-9,12H,1-3H3,(H,19,20). The van der Waals surface area contributed by atoms with Crippen molar-refractivity contribution in [2.24, 2.45) is 0 Å². The molecule has 1 aromatic heterocycles. The Morgan fingerprint density at radius 1 is 1.30 bits per heavy atom. The largest absolute Gasteiger partial charge is 0.345 e. The molecule has 2 aromatic rings. The zero-order valence-corrected chi connectivity index (χ0v) is 12.5. The van der Waals surface area contributed by atoms with Crippen molar-refractivity contribution in [3.8, 4) is 0 Å². The first kappa shape index (κ1) is 14.5. The lowest BCUT2D eigenvalue weighted by atomic mass is 10.00. The average Bonchev–Trinajstić information content (AvgIpc) is 2.41. The van der Waals surface area contributed by atoms with Crippen LogP contribution in [-0.2, 0) is 0 Å². The summed E-state index contributed by atoms with van der Waals surface area (Å²) >= 11 is 5.98. The molecule has 1 N–H and O–H groups in total. The second-order valence-corrected chi connectivity index (χ2v) is 5.32. The third-order valence-corrected chi connectivity index (χ3v) is 3.57. The third kappa shape index (κ3) is 3.17. The molecule has 1 aromatic carbocycles. The zero-order valence-electron chi connectivity index (χ0n) is 11.8. The number of hydrogen-bond donors (Lipinski definition) is 1. The zero-order chi connectivity index (χ0) is 14.7. The number of rotatable bonds is 3. The van der Waals surface area contributed by atoms with Crippen LogP contribution >= 0.6 is 11.6 Å². The van der Waals surface area contributed by atoms with Gasteiger partial charge in [0.05, 0.1) is 16.6 Å². The van der Waals surface area contributed by atoms with E-state index in [4.69, 9.17) is 11.6 Å². The maximum Gasteiger partial charge on any atom is 0.253 e. The van der Waals surface area contributed by atoms with E-state index in [9.17, 15) is 4.79 Å². The molecule has 3 nitrogen and oxygen atoms in total. The summed E-state index contributed by atoms with van der Waals surface area (Å²) in [6, 6.07) is 7.76. The molecule has 1 unspecified atom stereocenters. The van der Waals surface area contributed by atoms with E-state index < -0.39 is 0 Å². The van der Waals surface area contributed by atoms with E-state index in [1.807, 2.05) is 20.8 Å². The molecule has 20 heavy (non-hydrogen) atoms. The van der Waals surface area contributed by atoms with Gasteiger partial charge in [-0.3, -0.25) is 9.78 Å². The molecular formula is C16H17ClN2O. The fourth-order valence-corrected chi connectivity index (χ4v) is 2.34. The summed E-state index contributed by atoms with van der Waals surface area (Å²) in [5.41, 5.74) is 3.89. The topological polar surface area (TPSA) is 42.0 Å². The molecule has 4 heteroatoms. The van der Waals surface area contributed by atoms with Crippen LogP contribution in [0.2, 0.25) is 5.02 Å². The highest BCUT2D eigenvalue weighted by molar-refractivity contribution is 6.33. The van der Waals surface area contributed by atoms with Gasteiger partial charge in [-0.25, -0.2) is 0 Å². The number of hydrogen-bond acceptors (Lipinski definition) is 2. The van der Waals surface area contributed by atoms with Gasteiger partial charge in [0.15, 0.2) is 0 Å². The molecule has 1 atom stereocenters. The highest BCUT2D eigenvalue weighted by Gasteiger charge is 2.15. The van der Waals surface area contributed by atoms with Gasteiger partial charge in [0, 0.05) is 12.4 Å². The predicted molar refractivity (Wildman–Crippen MR) is 81.0 cm³/mol. The molecule has 1 heterocycles. The lowest BCUT2D eigenvalue weighted by Crippen LogP contribution is -2.27. The van der Waals surface area contributed by atoms with E-state index in [0.717, 1.165) is 11.1 Å². The van der Waals surface area contributed by atoms with Crippen molar-refractivity contribution in [2.75, 3.05) is 0 Å². The fourth-order valence-electron chi connectivity index (χ4n) is 2.14. The van der Waals surface area contributed by atoms with Crippen molar-refractivity contribution in [1.29, 1.82) is 0 Å². The fraction of sp³-hybridized carbons (Fsp3) is 0.250. The average molecular weight is 289 g/mol. The van der Waals surface area contributed by atoms with Crippen LogP contribution in [0, 0.1) is 13.8 Å². The Kier molecular flexibility index (Phi) is 4.40. The van der Waals surface area contributed by atoms with Gasteiger partial charge < -0.3 is 5.32 Å². The van der Waals surface area contributed by atoms with Gasteiger partial charge in [-0.15, -0.1) is 0 Å². The van der Waals surface area contributed by atoms with E-state index in [1.54, 1.807) is 12.3 Å². The SMILES string of the molecule is Cc1ccc(C)c(C(C)NC(=O)c2ccncc2Cl)c1. The summed E-state index contributed by atoms with van der Waals surface area (Å²) in [5.74, 6) is -0.189. The van der Waals surface area contributed by atoms with Crippen LogP contribution in [0.3, 0.4) is 0 Å². The van der Waals surface area contributed by atoms with Gasteiger partial charge in [0.1, 0.15) is 0 Å². The Labute approximate surface area is 124 Å². The number of halogens is 1. The number of nitrogens with one attached hydrogen (secondary N) is 1. The van der Waals surface area contributed by atoms with Gasteiger partial charge in [-0.2, -0.15) is 0 Å². The highest BCUT2D eigenvalue weighted by atomic mass is 35.5. The number of pyridine rings is 1. The van der Waals surface area contributed by atoms with E-state index in [0.29, 0.717) is 10.6 Å². The van der Waals surface area contributed by atoms with Gasteiger partial charge in [0.25, 0.3) is 5.91 Å². The number of carbonyl (C=O) groups is 1. The molecule has 0 saturated carbocycles. The van der Waals surface area contributed by atoms with Crippen LogP contribution in [0.5, 0.6) is 0 Å². The van der Waals surface area contributed by atoms with Crippen molar-refractivity contribution >= 4 is 17.5 Å².